The Bertz CT molecular complexity index is 1270. The van der Waals surface area contributed by atoms with Crippen LogP contribution in [0.1, 0.15) is 19.8 Å². The zero-order valence-corrected chi connectivity index (χ0v) is 16.6. The molecule has 5 rings (SSSR count). The highest BCUT2D eigenvalue weighted by molar-refractivity contribution is 6.06. The van der Waals surface area contributed by atoms with Crippen LogP contribution in [-0.4, -0.2) is 9.38 Å². The number of unbranched alkanes of at least 4 members (excludes halogenated alkanes) is 1. The number of nitrogens with zero attached hydrogens (tertiary/aromatic N) is 3. The van der Waals surface area contributed by atoms with Crippen molar-refractivity contribution in [2.24, 2.45) is 0 Å². The van der Waals surface area contributed by atoms with Gasteiger partial charge in [-0.3, -0.25) is 4.98 Å². The average molecular weight is 378 g/mol. The molecule has 0 bridgehead atoms. The molecule has 0 unspecified atom stereocenters. The normalized spacial score (nSPS) is 11.3. The Morgan fingerprint density at radius 1 is 0.862 bits per heavy atom. The van der Waals surface area contributed by atoms with Gasteiger partial charge in [0.1, 0.15) is 17.9 Å². The Kier molecular flexibility index (Phi) is 4.57. The molecule has 0 aliphatic carbocycles. The summed E-state index contributed by atoms with van der Waals surface area (Å²) >= 11 is 0. The highest BCUT2D eigenvalue weighted by Gasteiger charge is 2.25. The van der Waals surface area contributed by atoms with Gasteiger partial charge in [0.15, 0.2) is 0 Å². The second-order valence-corrected chi connectivity index (χ2v) is 7.41. The van der Waals surface area contributed by atoms with E-state index in [-0.39, 0.29) is 0 Å². The number of imidazole rings is 1. The van der Waals surface area contributed by atoms with Crippen molar-refractivity contribution in [3.05, 3.63) is 91.5 Å². The largest absolute Gasteiger partial charge is 0.295 e. The van der Waals surface area contributed by atoms with E-state index < -0.39 is 0 Å². The summed E-state index contributed by atoms with van der Waals surface area (Å²) in [6, 6.07) is 23.5. The van der Waals surface area contributed by atoms with Crippen molar-refractivity contribution in [1.29, 1.82) is 0 Å². The Morgan fingerprint density at radius 3 is 2.24 bits per heavy atom. The average Bonchev–Trinajstić information content (AvgIpc) is 3.22. The van der Waals surface area contributed by atoms with Crippen molar-refractivity contribution in [3.63, 3.8) is 0 Å². The van der Waals surface area contributed by atoms with E-state index in [1.54, 1.807) is 0 Å². The number of aryl methyl sites for hydroxylation is 1. The molecule has 0 atom stereocenters. The van der Waals surface area contributed by atoms with Gasteiger partial charge in [-0.25, -0.2) is 4.57 Å². The van der Waals surface area contributed by atoms with Crippen molar-refractivity contribution in [2.45, 2.75) is 26.3 Å². The van der Waals surface area contributed by atoms with Crippen molar-refractivity contribution in [1.82, 2.24) is 9.38 Å². The second-order valence-electron chi connectivity index (χ2n) is 7.41. The SMILES string of the molecule is CCCC[n+]1ccn2c3ccncc3c(-c3ccccc3)c(-c3ccccc3)c21. The van der Waals surface area contributed by atoms with Crippen LogP contribution in [0, 0.1) is 0 Å². The fourth-order valence-corrected chi connectivity index (χ4v) is 4.21. The minimum Gasteiger partial charge on any atom is -0.264 e. The maximum atomic E-state index is 4.48. The number of hydrogen-bond donors (Lipinski definition) is 0. The molecule has 0 aliphatic rings. The van der Waals surface area contributed by atoms with E-state index in [0.29, 0.717) is 0 Å². The molecule has 0 fully saturated rings. The minimum absolute atomic E-state index is 1.01. The molecular weight excluding hydrogens is 354 g/mol. The first-order chi connectivity index (χ1) is 14.4. The smallest absolute Gasteiger partial charge is 0.264 e. The Balaban J connectivity index is 1.98. The molecule has 3 nitrogen and oxygen atoms in total. The molecule has 0 saturated heterocycles. The zero-order chi connectivity index (χ0) is 19.6. The molecule has 2 aromatic carbocycles. The van der Waals surface area contributed by atoms with Gasteiger partial charge in [-0.15, -0.1) is 0 Å². The summed E-state index contributed by atoms with van der Waals surface area (Å²) in [6.45, 7) is 3.26. The summed E-state index contributed by atoms with van der Waals surface area (Å²) in [5.74, 6) is 0. The monoisotopic (exact) mass is 378 g/mol. The lowest BCUT2D eigenvalue weighted by atomic mass is 9.92. The molecule has 3 heterocycles. The number of benzene rings is 2. The van der Waals surface area contributed by atoms with Gasteiger partial charge in [-0.05, 0) is 17.5 Å². The highest BCUT2D eigenvalue weighted by Crippen LogP contribution is 2.40. The molecule has 3 heteroatoms. The Hall–Kier alpha value is -3.46. The van der Waals surface area contributed by atoms with E-state index in [4.69, 9.17) is 0 Å². The van der Waals surface area contributed by atoms with Crippen LogP contribution in [0.4, 0.5) is 0 Å². The summed E-state index contributed by atoms with van der Waals surface area (Å²) in [5.41, 5.74) is 7.38. The van der Waals surface area contributed by atoms with Crippen molar-refractivity contribution in [3.8, 4) is 22.3 Å². The standard InChI is InChI=1S/C26H24N3/c1-2-3-16-28-17-18-29-23-14-15-27-19-22(23)24(20-10-6-4-7-11-20)25(26(28)29)21-12-8-5-9-13-21/h4-15,17-19H,2-3,16H2,1H3/q+1. The lowest BCUT2D eigenvalue weighted by Gasteiger charge is -2.14. The van der Waals surface area contributed by atoms with Crippen LogP contribution < -0.4 is 4.57 Å². The van der Waals surface area contributed by atoms with Crippen molar-refractivity contribution >= 4 is 16.6 Å². The Labute approximate surface area is 170 Å². The molecule has 3 aromatic heterocycles. The summed E-state index contributed by atoms with van der Waals surface area (Å²) in [7, 11) is 0. The minimum atomic E-state index is 1.01. The quantitative estimate of drug-likeness (QED) is 0.348. The van der Waals surface area contributed by atoms with Gasteiger partial charge in [0.05, 0.1) is 12.1 Å². The molecule has 0 aliphatic heterocycles. The van der Waals surface area contributed by atoms with Crippen LogP contribution in [0.25, 0.3) is 38.8 Å². The number of pyridine rings is 2. The van der Waals surface area contributed by atoms with Crippen LogP contribution in [0.15, 0.2) is 91.5 Å². The first-order valence-corrected chi connectivity index (χ1v) is 10.3. The third-order valence-corrected chi connectivity index (χ3v) is 5.57. The second kappa shape index (κ2) is 7.51. The van der Waals surface area contributed by atoms with Gasteiger partial charge < -0.3 is 0 Å². The van der Waals surface area contributed by atoms with Crippen LogP contribution in [0.2, 0.25) is 0 Å². The molecule has 0 amide bonds. The number of hydrogen-bond acceptors (Lipinski definition) is 1. The summed E-state index contributed by atoms with van der Waals surface area (Å²) in [6.07, 6.45) is 10.6. The van der Waals surface area contributed by atoms with Gasteiger partial charge in [-0.2, -0.15) is 4.40 Å². The van der Waals surface area contributed by atoms with Gasteiger partial charge in [0, 0.05) is 29.4 Å². The zero-order valence-electron chi connectivity index (χ0n) is 16.6. The molecule has 5 aromatic rings. The number of fused-ring (bicyclic) bond motifs is 3. The molecule has 142 valence electrons. The first-order valence-electron chi connectivity index (χ1n) is 10.3. The van der Waals surface area contributed by atoms with Crippen LogP contribution in [0.3, 0.4) is 0 Å². The van der Waals surface area contributed by atoms with Crippen LogP contribution >= 0.6 is 0 Å². The highest BCUT2D eigenvalue weighted by atomic mass is 15.1. The van der Waals surface area contributed by atoms with E-state index >= 15 is 0 Å². The molecule has 0 radical (unpaired) electrons. The lowest BCUT2D eigenvalue weighted by molar-refractivity contribution is -0.671. The van der Waals surface area contributed by atoms with Crippen molar-refractivity contribution in [2.75, 3.05) is 0 Å². The van der Waals surface area contributed by atoms with Crippen LogP contribution in [-0.2, 0) is 6.54 Å². The van der Waals surface area contributed by atoms with Gasteiger partial charge in [0.2, 0.25) is 0 Å². The van der Waals surface area contributed by atoms with Gasteiger partial charge in [-0.1, -0.05) is 74.0 Å². The third kappa shape index (κ3) is 2.99. The van der Waals surface area contributed by atoms with Gasteiger partial charge in [0.25, 0.3) is 5.65 Å². The summed E-state index contributed by atoms with van der Waals surface area (Å²) in [4.78, 5) is 4.48. The van der Waals surface area contributed by atoms with E-state index in [1.165, 1.54) is 45.2 Å². The summed E-state index contributed by atoms with van der Waals surface area (Å²) < 4.78 is 4.72. The Morgan fingerprint density at radius 2 is 1.55 bits per heavy atom. The fourth-order valence-electron chi connectivity index (χ4n) is 4.21. The van der Waals surface area contributed by atoms with E-state index in [2.05, 4.69) is 100.0 Å². The maximum absolute atomic E-state index is 4.48. The maximum Gasteiger partial charge on any atom is 0.295 e. The molecule has 29 heavy (non-hydrogen) atoms. The fraction of sp³-hybridized carbons (Fsp3) is 0.154. The lowest BCUT2D eigenvalue weighted by Crippen LogP contribution is -2.32. The molecule has 0 spiro atoms. The summed E-state index contributed by atoms with van der Waals surface area (Å²) in [5, 5.41) is 1.17. The predicted octanol–water partition coefficient (Wildman–Crippen LogP) is 5.91. The van der Waals surface area contributed by atoms with E-state index in [1.807, 2.05) is 12.4 Å². The molecule has 0 saturated carbocycles. The number of rotatable bonds is 5. The molecular formula is C26H24N3+. The number of aromatic nitrogens is 3. The predicted molar refractivity (Wildman–Crippen MR) is 119 cm³/mol. The van der Waals surface area contributed by atoms with Crippen LogP contribution in [0.5, 0.6) is 0 Å². The van der Waals surface area contributed by atoms with Crippen molar-refractivity contribution < 1.29 is 4.57 Å². The first kappa shape index (κ1) is 17.6. The van der Waals surface area contributed by atoms with E-state index in [0.717, 1.165) is 13.0 Å². The van der Waals surface area contributed by atoms with E-state index in [9.17, 15) is 0 Å². The van der Waals surface area contributed by atoms with Gasteiger partial charge >= 0.3 is 0 Å². The third-order valence-electron chi connectivity index (χ3n) is 5.57. The topological polar surface area (TPSA) is 21.2 Å². The molecule has 0 N–H and O–H groups in total.